The third kappa shape index (κ3) is 5.73. The standard InChI is InChI=1S/C22H28N2O3/c1-3-26-21-11-9-18(10-12-21)16(2)23-19-13-20(14-19)24-22(25)27-15-17-7-5-4-6-8-17/h4-12,16,19-20,23H,3,13-15H2,1-2H3,(H,24,25). The van der Waals surface area contributed by atoms with E-state index in [0.717, 1.165) is 24.2 Å². The van der Waals surface area contributed by atoms with Crippen LogP contribution in [-0.2, 0) is 11.3 Å². The molecule has 5 heteroatoms. The molecule has 0 saturated heterocycles. The second-order valence-electron chi connectivity index (χ2n) is 6.96. The second-order valence-corrected chi connectivity index (χ2v) is 6.96. The van der Waals surface area contributed by atoms with Crippen molar-refractivity contribution >= 4 is 6.09 Å². The molecule has 2 aromatic rings. The lowest BCUT2D eigenvalue weighted by Crippen LogP contribution is -2.52. The van der Waals surface area contributed by atoms with Crippen LogP contribution in [0.2, 0.25) is 0 Å². The van der Waals surface area contributed by atoms with Gasteiger partial charge in [-0.2, -0.15) is 0 Å². The lowest BCUT2D eigenvalue weighted by molar-refractivity contribution is 0.124. The summed E-state index contributed by atoms with van der Waals surface area (Å²) >= 11 is 0. The van der Waals surface area contributed by atoms with Crippen LogP contribution < -0.4 is 15.4 Å². The normalized spacial score (nSPS) is 19.6. The summed E-state index contributed by atoms with van der Waals surface area (Å²) in [7, 11) is 0. The van der Waals surface area contributed by atoms with Crippen LogP contribution in [-0.4, -0.2) is 24.8 Å². The Morgan fingerprint density at radius 2 is 1.78 bits per heavy atom. The first-order valence-corrected chi connectivity index (χ1v) is 9.60. The van der Waals surface area contributed by atoms with Crippen molar-refractivity contribution in [3.8, 4) is 5.75 Å². The number of hydrogen-bond acceptors (Lipinski definition) is 4. The minimum atomic E-state index is -0.345. The fourth-order valence-electron chi connectivity index (χ4n) is 3.27. The number of amides is 1. The third-order valence-corrected chi connectivity index (χ3v) is 4.85. The monoisotopic (exact) mass is 368 g/mol. The summed E-state index contributed by atoms with van der Waals surface area (Å²) in [6, 6.07) is 18.7. The Balaban J connectivity index is 1.34. The predicted molar refractivity (Wildman–Crippen MR) is 106 cm³/mol. The summed E-state index contributed by atoms with van der Waals surface area (Å²) in [6.07, 6.45) is 1.49. The van der Waals surface area contributed by atoms with Crippen molar-refractivity contribution in [3.05, 3.63) is 65.7 Å². The molecular weight excluding hydrogens is 340 g/mol. The van der Waals surface area contributed by atoms with Gasteiger partial charge in [-0.1, -0.05) is 42.5 Å². The van der Waals surface area contributed by atoms with Crippen LogP contribution in [0, 0.1) is 0 Å². The molecule has 0 spiro atoms. The molecule has 1 amide bonds. The van der Waals surface area contributed by atoms with Crippen molar-refractivity contribution in [1.29, 1.82) is 0 Å². The van der Waals surface area contributed by atoms with Gasteiger partial charge in [-0.25, -0.2) is 4.79 Å². The van der Waals surface area contributed by atoms with Gasteiger partial charge < -0.3 is 20.1 Å². The first-order valence-electron chi connectivity index (χ1n) is 9.60. The Hall–Kier alpha value is -2.53. The molecule has 1 saturated carbocycles. The zero-order valence-electron chi connectivity index (χ0n) is 16.0. The molecule has 27 heavy (non-hydrogen) atoms. The molecule has 1 fully saturated rings. The SMILES string of the molecule is CCOc1ccc(C(C)NC2CC(NC(=O)OCc3ccccc3)C2)cc1. The number of carbonyl (C=O) groups is 1. The Morgan fingerprint density at radius 1 is 1.07 bits per heavy atom. The molecule has 0 radical (unpaired) electrons. The minimum absolute atomic E-state index is 0.179. The van der Waals surface area contributed by atoms with Gasteiger partial charge in [0.25, 0.3) is 0 Å². The maximum atomic E-state index is 11.9. The Morgan fingerprint density at radius 3 is 2.44 bits per heavy atom. The van der Waals surface area contributed by atoms with E-state index in [2.05, 4.69) is 29.7 Å². The van der Waals surface area contributed by atoms with Gasteiger partial charge in [-0.3, -0.25) is 0 Å². The van der Waals surface area contributed by atoms with E-state index in [-0.39, 0.29) is 18.2 Å². The van der Waals surface area contributed by atoms with Gasteiger partial charge in [0.1, 0.15) is 12.4 Å². The van der Waals surface area contributed by atoms with Crippen LogP contribution in [0.15, 0.2) is 54.6 Å². The van der Waals surface area contributed by atoms with E-state index in [1.165, 1.54) is 5.56 Å². The van der Waals surface area contributed by atoms with Gasteiger partial charge in [0.2, 0.25) is 0 Å². The number of benzene rings is 2. The van der Waals surface area contributed by atoms with E-state index in [4.69, 9.17) is 9.47 Å². The molecular formula is C22H28N2O3. The molecule has 3 rings (SSSR count). The van der Waals surface area contributed by atoms with E-state index in [0.29, 0.717) is 19.3 Å². The number of carbonyl (C=O) groups excluding carboxylic acids is 1. The highest BCUT2D eigenvalue weighted by Gasteiger charge is 2.31. The number of rotatable bonds is 8. The van der Waals surface area contributed by atoms with Gasteiger partial charge >= 0.3 is 6.09 Å². The van der Waals surface area contributed by atoms with Gasteiger partial charge in [-0.15, -0.1) is 0 Å². The highest BCUT2D eigenvalue weighted by atomic mass is 16.5. The number of hydrogen-bond donors (Lipinski definition) is 2. The maximum Gasteiger partial charge on any atom is 0.407 e. The molecule has 0 heterocycles. The van der Waals surface area contributed by atoms with E-state index >= 15 is 0 Å². The lowest BCUT2D eigenvalue weighted by Gasteiger charge is -2.38. The maximum absolute atomic E-state index is 11.9. The van der Waals surface area contributed by atoms with E-state index in [9.17, 15) is 4.79 Å². The van der Waals surface area contributed by atoms with Crippen molar-refractivity contribution in [2.75, 3.05) is 6.61 Å². The summed E-state index contributed by atoms with van der Waals surface area (Å²) in [6.45, 7) is 5.12. The van der Waals surface area contributed by atoms with Crippen LogP contribution in [0.1, 0.15) is 43.9 Å². The average molecular weight is 368 g/mol. The van der Waals surface area contributed by atoms with Crippen LogP contribution >= 0.6 is 0 Å². The quantitative estimate of drug-likeness (QED) is 0.733. The summed E-state index contributed by atoms with van der Waals surface area (Å²) in [5, 5.41) is 6.55. The molecule has 0 aromatic heterocycles. The number of alkyl carbamates (subject to hydrolysis) is 1. The molecule has 2 N–H and O–H groups in total. The van der Waals surface area contributed by atoms with E-state index < -0.39 is 0 Å². The van der Waals surface area contributed by atoms with Crippen molar-refractivity contribution in [2.45, 2.75) is 51.4 Å². The summed E-state index contributed by atoms with van der Waals surface area (Å²) in [5.41, 5.74) is 2.22. The lowest BCUT2D eigenvalue weighted by atomic mass is 9.86. The molecule has 5 nitrogen and oxygen atoms in total. The molecule has 0 aliphatic heterocycles. The minimum Gasteiger partial charge on any atom is -0.494 e. The summed E-state index contributed by atoms with van der Waals surface area (Å²) < 4.78 is 10.7. The molecule has 1 aliphatic carbocycles. The van der Waals surface area contributed by atoms with Crippen LogP contribution in [0.25, 0.3) is 0 Å². The predicted octanol–water partition coefficient (Wildman–Crippen LogP) is 4.19. The zero-order chi connectivity index (χ0) is 19.1. The van der Waals surface area contributed by atoms with Crippen LogP contribution in [0.4, 0.5) is 4.79 Å². The average Bonchev–Trinajstić information content (AvgIpc) is 2.66. The number of ether oxygens (including phenoxy) is 2. The van der Waals surface area contributed by atoms with Gasteiger partial charge in [0.15, 0.2) is 0 Å². The molecule has 1 unspecified atom stereocenters. The molecule has 2 aromatic carbocycles. The largest absolute Gasteiger partial charge is 0.494 e. The fraction of sp³-hybridized carbons (Fsp3) is 0.409. The topological polar surface area (TPSA) is 59.6 Å². The molecule has 0 bridgehead atoms. The van der Waals surface area contributed by atoms with Crippen LogP contribution in [0.3, 0.4) is 0 Å². The van der Waals surface area contributed by atoms with Crippen molar-refractivity contribution in [3.63, 3.8) is 0 Å². The Labute approximate surface area is 161 Å². The highest BCUT2D eigenvalue weighted by Crippen LogP contribution is 2.25. The van der Waals surface area contributed by atoms with Crippen molar-refractivity contribution in [1.82, 2.24) is 10.6 Å². The van der Waals surface area contributed by atoms with Crippen LogP contribution in [0.5, 0.6) is 5.75 Å². The zero-order valence-corrected chi connectivity index (χ0v) is 16.0. The molecule has 144 valence electrons. The van der Waals surface area contributed by atoms with Crippen molar-refractivity contribution in [2.24, 2.45) is 0 Å². The van der Waals surface area contributed by atoms with Crippen molar-refractivity contribution < 1.29 is 14.3 Å². The smallest absolute Gasteiger partial charge is 0.407 e. The van der Waals surface area contributed by atoms with E-state index in [1.807, 2.05) is 49.4 Å². The Bertz CT molecular complexity index is 712. The Kier molecular flexibility index (Phi) is 6.71. The van der Waals surface area contributed by atoms with Gasteiger partial charge in [0, 0.05) is 18.1 Å². The first-order chi connectivity index (χ1) is 13.1. The molecule has 1 atom stereocenters. The van der Waals surface area contributed by atoms with Gasteiger partial charge in [-0.05, 0) is 49.9 Å². The molecule has 1 aliphatic rings. The summed E-state index contributed by atoms with van der Waals surface area (Å²) in [5.74, 6) is 0.898. The highest BCUT2D eigenvalue weighted by molar-refractivity contribution is 5.67. The third-order valence-electron chi connectivity index (χ3n) is 4.85. The second kappa shape index (κ2) is 9.42. The first kappa shape index (κ1) is 19.2. The number of nitrogens with one attached hydrogen (secondary N) is 2. The van der Waals surface area contributed by atoms with Gasteiger partial charge in [0.05, 0.1) is 6.61 Å². The fourth-order valence-corrected chi connectivity index (χ4v) is 3.27. The van der Waals surface area contributed by atoms with E-state index in [1.54, 1.807) is 0 Å². The summed E-state index contributed by atoms with van der Waals surface area (Å²) in [4.78, 5) is 11.9.